The van der Waals surface area contributed by atoms with Crippen LogP contribution < -0.4 is 9.47 Å². The number of ether oxygens (including phenoxy) is 3. The molecular weight excluding hydrogens is 252 g/mol. The van der Waals surface area contributed by atoms with Gasteiger partial charge in [0.05, 0.1) is 11.5 Å². The second-order valence-corrected chi connectivity index (χ2v) is 5.18. The van der Waals surface area contributed by atoms with Gasteiger partial charge in [0.25, 0.3) is 0 Å². The summed E-state index contributed by atoms with van der Waals surface area (Å²) in [7, 11) is 0. The average Bonchev–Trinajstić information content (AvgIpc) is 2.47. The number of hydrogen-bond donors (Lipinski definition) is 0. The minimum absolute atomic E-state index is 0.110. The molecule has 1 fully saturated rings. The van der Waals surface area contributed by atoms with E-state index in [1.807, 2.05) is 18.2 Å². The highest BCUT2D eigenvalue weighted by Gasteiger charge is 2.25. The number of hydrogen-bond acceptors (Lipinski definition) is 3. The quantitative estimate of drug-likeness (QED) is 0.770. The van der Waals surface area contributed by atoms with Gasteiger partial charge in [0.1, 0.15) is 13.2 Å². The number of halogens is 1. The van der Waals surface area contributed by atoms with E-state index in [9.17, 15) is 0 Å². The Bertz CT molecular complexity index is 416. The Morgan fingerprint density at radius 1 is 1.06 bits per heavy atom. The van der Waals surface area contributed by atoms with Crippen LogP contribution >= 0.6 is 11.6 Å². The Hall–Kier alpha value is -0.930. The molecule has 2 heterocycles. The molecule has 0 aliphatic carbocycles. The van der Waals surface area contributed by atoms with Gasteiger partial charge in [0, 0.05) is 6.61 Å². The fraction of sp³-hybridized carbons (Fsp3) is 0.571. The molecule has 2 atom stereocenters. The molecule has 18 heavy (non-hydrogen) atoms. The van der Waals surface area contributed by atoms with Crippen molar-refractivity contribution >= 4 is 11.6 Å². The van der Waals surface area contributed by atoms with Gasteiger partial charge < -0.3 is 14.2 Å². The third-order valence-corrected chi connectivity index (χ3v) is 3.96. The predicted octanol–water partition coefficient (Wildman–Crippen LogP) is 3.31. The molecule has 4 heteroatoms. The van der Waals surface area contributed by atoms with Crippen molar-refractivity contribution in [2.24, 2.45) is 0 Å². The van der Waals surface area contributed by atoms with E-state index in [0.29, 0.717) is 13.2 Å². The lowest BCUT2D eigenvalue weighted by Gasteiger charge is -2.27. The van der Waals surface area contributed by atoms with Gasteiger partial charge in [-0.2, -0.15) is 0 Å². The lowest BCUT2D eigenvalue weighted by atomic mass is 10.0. The second kappa shape index (κ2) is 5.37. The SMILES string of the molecule is ClC(c1ccc2c(c1)OCCO2)C1CCCCO1. The fourth-order valence-corrected chi connectivity index (χ4v) is 2.78. The second-order valence-electron chi connectivity index (χ2n) is 4.71. The maximum atomic E-state index is 6.51. The molecule has 0 N–H and O–H groups in total. The minimum Gasteiger partial charge on any atom is -0.486 e. The van der Waals surface area contributed by atoms with Crippen molar-refractivity contribution in [3.63, 3.8) is 0 Å². The van der Waals surface area contributed by atoms with E-state index in [1.54, 1.807) is 0 Å². The zero-order valence-electron chi connectivity index (χ0n) is 10.2. The van der Waals surface area contributed by atoms with Crippen LogP contribution in [0.3, 0.4) is 0 Å². The number of benzene rings is 1. The van der Waals surface area contributed by atoms with E-state index >= 15 is 0 Å². The van der Waals surface area contributed by atoms with Crippen molar-refractivity contribution in [1.29, 1.82) is 0 Å². The molecule has 3 rings (SSSR count). The maximum absolute atomic E-state index is 6.51. The summed E-state index contributed by atoms with van der Waals surface area (Å²) >= 11 is 6.51. The van der Waals surface area contributed by atoms with Crippen LogP contribution in [0.4, 0.5) is 0 Å². The third kappa shape index (κ3) is 2.43. The Morgan fingerprint density at radius 2 is 1.89 bits per heavy atom. The summed E-state index contributed by atoms with van der Waals surface area (Å²) in [6, 6.07) is 5.91. The molecule has 3 nitrogen and oxygen atoms in total. The monoisotopic (exact) mass is 268 g/mol. The van der Waals surface area contributed by atoms with Crippen molar-refractivity contribution in [2.75, 3.05) is 19.8 Å². The molecule has 0 bridgehead atoms. The van der Waals surface area contributed by atoms with E-state index < -0.39 is 0 Å². The van der Waals surface area contributed by atoms with Crippen molar-refractivity contribution in [2.45, 2.75) is 30.7 Å². The largest absolute Gasteiger partial charge is 0.486 e. The Kier molecular flexibility index (Phi) is 3.62. The first-order chi connectivity index (χ1) is 8.84. The molecule has 98 valence electrons. The van der Waals surface area contributed by atoms with E-state index in [-0.39, 0.29) is 11.5 Å². The standard InChI is InChI=1S/C14H17ClO3/c15-14(12-3-1-2-6-16-12)10-4-5-11-13(9-10)18-8-7-17-11/h4-5,9,12,14H,1-3,6-8H2. The summed E-state index contributed by atoms with van der Waals surface area (Å²) in [5.74, 6) is 1.60. The van der Waals surface area contributed by atoms with Crippen LogP contribution in [-0.4, -0.2) is 25.9 Å². The highest BCUT2D eigenvalue weighted by Crippen LogP contribution is 2.37. The first-order valence-electron chi connectivity index (χ1n) is 6.50. The van der Waals surface area contributed by atoms with Gasteiger partial charge in [-0.3, -0.25) is 0 Å². The molecule has 1 aromatic rings. The summed E-state index contributed by atoms with van der Waals surface area (Å²) in [4.78, 5) is 0. The normalized spacial score (nSPS) is 24.6. The number of rotatable bonds is 2. The van der Waals surface area contributed by atoms with Crippen molar-refractivity contribution in [3.8, 4) is 11.5 Å². The first-order valence-corrected chi connectivity index (χ1v) is 6.93. The number of fused-ring (bicyclic) bond motifs is 1. The van der Waals surface area contributed by atoms with Crippen LogP contribution in [0.2, 0.25) is 0 Å². The lowest BCUT2D eigenvalue weighted by Crippen LogP contribution is -2.24. The van der Waals surface area contributed by atoms with Crippen LogP contribution in [0.25, 0.3) is 0 Å². The molecule has 0 aromatic heterocycles. The minimum atomic E-state index is -0.110. The van der Waals surface area contributed by atoms with E-state index in [0.717, 1.165) is 36.5 Å². The summed E-state index contributed by atoms with van der Waals surface area (Å²) in [5.41, 5.74) is 1.05. The van der Waals surface area contributed by atoms with Gasteiger partial charge in [-0.15, -0.1) is 11.6 Å². The third-order valence-electron chi connectivity index (χ3n) is 3.43. The van der Waals surface area contributed by atoms with E-state index in [2.05, 4.69) is 0 Å². The highest BCUT2D eigenvalue weighted by atomic mass is 35.5. The molecule has 0 spiro atoms. The van der Waals surface area contributed by atoms with Gasteiger partial charge >= 0.3 is 0 Å². The lowest BCUT2D eigenvalue weighted by molar-refractivity contribution is 0.0135. The molecule has 0 amide bonds. The molecule has 1 aromatic carbocycles. The zero-order valence-corrected chi connectivity index (χ0v) is 11.0. The molecule has 0 saturated carbocycles. The van der Waals surface area contributed by atoms with Gasteiger partial charge in [-0.05, 0) is 37.0 Å². The maximum Gasteiger partial charge on any atom is 0.161 e. The van der Waals surface area contributed by atoms with Crippen molar-refractivity contribution < 1.29 is 14.2 Å². The highest BCUT2D eigenvalue weighted by molar-refractivity contribution is 6.21. The Balaban J connectivity index is 1.78. The van der Waals surface area contributed by atoms with Crippen LogP contribution in [0.15, 0.2) is 18.2 Å². The fourth-order valence-electron chi connectivity index (χ4n) is 2.44. The topological polar surface area (TPSA) is 27.7 Å². The Morgan fingerprint density at radius 3 is 2.67 bits per heavy atom. The van der Waals surface area contributed by atoms with Crippen LogP contribution in [0.1, 0.15) is 30.2 Å². The van der Waals surface area contributed by atoms with Gasteiger partial charge in [0.2, 0.25) is 0 Å². The Labute approximate surface area is 112 Å². The molecule has 1 saturated heterocycles. The summed E-state index contributed by atoms with van der Waals surface area (Å²) in [6.07, 6.45) is 3.48. The molecule has 2 aliphatic rings. The molecule has 0 radical (unpaired) electrons. The predicted molar refractivity (Wildman–Crippen MR) is 69.6 cm³/mol. The van der Waals surface area contributed by atoms with Gasteiger partial charge in [-0.1, -0.05) is 6.07 Å². The van der Waals surface area contributed by atoms with Crippen molar-refractivity contribution in [1.82, 2.24) is 0 Å². The first kappa shape index (κ1) is 12.1. The van der Waals surface area contributed by atoms with E-state index in [1.165, 1.54) is 6.42 Å². The zero-order chi connectivity index (χ0) is 12.4. The average molecular weight is 269 g/mol. The summed E-state index contributed by atoms with van der Waals surface area (Å²) in [5, 5.41) is -0.110. The van der Waals surface area contributed by atoms with Crippen molar-refractivity contribution in [3.05, 3.63) is 23.8 Å². The van der Waals surface area contributed by atoms with Gasteiger partial charge in [0.15, 0.2) is 11.5 Å². The van der Waals surface area contributed by atoms with E-state index in [4.69, 9.17) is 25.8 Å². The summed E-state index contributed by atoms with van der Waals surface area (Å²) < 4.78 is 16.8. The molecule has 2 unspecified atom stereocenters. The molecule has 2 aliphatic heterocycles. The van der Waals surface area contributed by atoms with Gasteiger partial charge in [-0.25, -0.2) is 0 Å². The smallest absolute Gasteiger partial charge is 0.161 e. The molecular formula is C14H17ClO3. The van der Waals surface area contributed by atoms with Crippen LogP contribution in [0.5, 0.6) is 11.5 Å². The van der Waals surface area contributed by atoms with Crippen LogP contribution in [-0.2, 0) is 4.74 Å². The number of alkyl halides is 1. The summed E-state index contributed by atoms with van der Waals surface area (Å²) in [6.45, 7) is 2.03. The van der Waals surface area contributed by atoms with Crippen LogP contribution in [0, 0.1) is 0 Å².